The number of carbonyl (C=O) groups excluding carboxylic acids is 1. The maximum absolute atomic E-state index is 11.8. The molecule has 19 heavy (non-hydrogen) atoms. The second kappa shape index (κ2) is 7.67. The van der Waals surface area contributed by atoms with Crippen LogP contribution in [-0.4, -0.2) is 25.6 Å². The van der Waals surface area contributed by atoms with E-state index in [-0.39, 0.29) is 5.78 Å². The standard InChI is InChI=1S/C15H22O4/c1-5-12(16)11-9-13(17-6-2)15(19-8-4)14(10-11)18-7-3/h9-10H,5-8H2,1-4H3. The van der Waals surface area contributed by atoms with Crippen molar-refractivity contribution in [3.8, 4) is 17.2 Å². The smallest absolute Gasteiger partial charge is 0.203 e. The minimum atomic E-state index is 0.0601. The van der Waals surface area contributed by atoms with Gasteiger partial charge in [0.2, 0.25) is 5.75 Å². The van der Waals surface area contributed by atoms with Crippen LogP contribution in [0.5, 0.6) is 17.2 Å². The summed E-state index contributed by atoms with van der Waals surface area (Å²) in [4.78, 5) is 11.8. The lowest BCUT2D eigenvalue weighted by Crippen LogP contribution is -2.05. The van der Waals surface area contributed by atoms with Gasteiger partial charge < -0.3 is 14.2 Å². The largest absolute Gasteiger partial charge is 0.490 e. The van der Waals surface area contributed by atoms with E-state index in [0.29, 0.717) is 49.1 Å². The van der Waals surface area contributed by atoms with Gasteiger partial charge in [-0.1, -0.05) is 6.92 Å². The Bertz CT molecular complexity index is 399. The molecule has 0 aliphatic heterocycles. The summed E-state index contributed by atoms with van der Waals surface area (Å²) in [7, 11) is 0. The first-order valence-corrected chi connectivity index (χ1v) is 6.77. The Kier molecular flexibility index (Phi) is 6.19. The number of hydrogen-bond acceptors (Lipinski definition) is 4. The van der Waals surface area contributed by atoms with E-state index in [4.69, 9.17) is 14.2 Å². The molecule has 4 nitrogen and oxygen atoms in total. The molecular weight excluding hydrogens is 244 g/mol. The van der Waals surface area contributed by atoms with Gasteiger partial charge >= 0.3 is 0 Å². The molecule has 0 unspecified atom stereocenters. The van der Waals surface area contributed by atoms with E-state index in [0.717, 1.165) is 0 Å². The van der Waals surface area contributed by atoms with Gasteiger partial charge in [0, 0.05) is 12.0 Å². The Balaban J connectivity index is 3.29. The Morgan fingerprint density at radius 2 is 1.37 bits per heavy atom. The highest BCUT2D eigenvalue weighted by molar-refractivity contribution is 5.97. The van der Waals surface area contributed by atoms with Crippen LogP contribution >= 0.6 is 0 Å². The normalized spacial score (nSPS) is 10.1. The first-order valence-electron chi connectivity index (χ1n) is 6.77. The molecule has 0 aliphatic rings. The van der Waals surface area contributed by atoms with Crippen molar-refractivity contribution in [1.82, 2.24) is 0 Å². The van der Waals surface area contributed by atoms with Gasteiger partial charge in [-0.05, 0) is 32.9 Å². The van der Waals surface area contributed by atoms with Crippen molar-refractivity contribution in [2.75, 3.05) is 19.8 Å². The molecule has 1 aromatic rings. The molecule has 0 amide bonds. The number of Topliss-reactive ketones (excluding diaryl/α,β-unsaturated/α-hetero) is 1. The zero-order valence-electron chi connectivity index (χ0n) is 12.1. The number of rotatable bonds is 8. The van der Waals surface area contributed by atoms with Gasteiger partial charge in [-0.2, -0.15) is 0 Å². The Labute approximate surface area is 114 Å². The van der Waals surface area contributed by atoms with Gasteiger partial charge in [0.1, 0.15) is 0 Å². The number of hydrogen-bond donors (Lipinski definition) is 0. The summed E-state index contributed by atoms with van der Waals surface area (Å²) in [5.41, 5.74) is 0.595. The van der Waals surface area contributed by atoms with Crippen LogP contribution in [0.25, 0.3) is 0 Å². The summed E-state index contributed by atoms with van der Waals surface area (Å²) >= 11 is 0. The third-order valence-corrected chi connectivity index (χ3v) is 2.55. The molecule has 4 heteroatoms. The summed E-state index contributed by atoms with van der Waals surface area (Å²) in [6.45, 7) is 9.05. The summed E-state index contributed by atoms with van der Waals surface area (Å²) in [6, 6.07) is 3.45. The van der Waals surface area contributed by atoms with E-state index in [9.17, 15) is 4.79 Å². The maximum Gasteiger partial charge on any atom is 0.203 e. The molecule has 0 N–H and O–H groups in total. The van der Waals surface area contributed by atoms with Crippen LogP contribution < -0.4 is 14.2 Å². The van der Waals surface area contributed by atoms with Crippen LogP contribution in [0.3, 0.4) is 0 Å². The van der Waals surface area contributed by atoms with Crippen molar-refractivity contribution >= 4 is 5.78 Å². The minimum absolute atomic E-state index is 0.0601. The molecule has 0 radical (unpaired) electrons. The van der Waals surface area contributed by atoms with Gasteiger partial charge in [-0.15, -0.1) is 0 Å². The molecule has 0 aromatic heterocycles. The van der Waals surface area contributed by atoms with Gasteiger partial charge in [-0.3, -0.25) is 4.79 Å². The van der Waals surface area contributed by atoms with E-state index in [1.54, 1.807) is 12.1 Å². The number of ether oxygens (including phenoxy) is 3. The maximum atomic E-state index is 11.8. The van der Waals surface area contributed by atoms with E-state index in [2.05, 4.69) is 0 Å². The zero-order chi connectivity index (χ0) is 14.3. The Morgan fingerprint density at radius 1 is 0.895 bits per heavy atom. The Hall–Kier alpha value is -1.71. The van der Waals surface area contributed by atoms with Gasteiger partial charge in [0.05, 0.1) is 19.8 Å². The molecular formula is C15H22O4. The van der Waals surface area contributed by atoms with Crippen molar-refractivity contribution in [3.05, 3.63) is 17.7 Å². The molecule has 0 heterocycles. The van der Waals surface area contributed by atoms with Crippen LogP contribution in [-0.2, 0) is 0 Å². The molecule has 0 saturated heterocycles. The van der Waals surface area contributed by atoms with Crippen molar-refractivity contribution < 1.29 is 19.0 Å². The third-order valence-electron chi connectivity index (χ3n) is 2.55. The van der Waals surface area contributed by atoms with Crippen molar-refractivity contribution in [3.63, 3.8) is 0 Å². The summed E-state index contributed by atoms with van der Waals surface area (Å²) in [5, 5.41) is 0. The minimum Gasteiger partial charge on any atom is -0.490 e. The molecule has 0 aliphatic carbocycles. The van der Waals surface area contributed by atoms with Gasteiger partial charge in [0.15, 0.2) is 17.3 Å². The highest BCUT2D eigenvalue weighted by Crippen LogP contribution is 2.39. The van der Waals surface area contributed by atoms with Gasteiger partial charge in [-0.25, -0.2) is 0 Å². The highest BCUT2D eigenvalue weighted by Gasteiger charge is 2.17. The molecule has 1 rings (SSSR count). The predicted molar refractivity (Wildman–Crippen MR) is 74.6 cm³/mol. The first kappa shape index (κ1) is 15.3. The average molecular weight is 266 g/mol. The number of benzene rings is 1. The molecule has 1 aromatic carbocycles. The first-order chi connectivity index (χ1) is 9.17. The fourth-order valence-electron chi connectivity index (χ4n) is 1.75. The van der Waals surface area contributed by atoms with Crippen LogP contribution in [0.4, 0.5) is 0 Å². The van der Waals surface area contributed by atoms with Gasteiger partial charge in [0.25, 0.3) is 0 Å². The molecule has 0 atom stereocenters. The average Bonchev–Trinajstić information content (AvgIpc) is 2.41. The zero-order valence-corrected chi connectivity index (χ0v) is 12.1. The lowest BCUT2D eigenvalue weighted by molar-refractivity contribution is 0.0987. The van der Waals surface area contributed by atoms with E-state index in [1.807, 2.05) is 27.7 Å². The third kappa shape index (κ3) is 3.88. The lowest BCUT2D eigenvalue weighted by atomic mass is 10.1. The van der Waals surface area contributed by atoms with Crippen molar-refractivity contribution in [1.29, 1.82) is 0 Å². The highest BCUT2D eigenvalue weighted by atomic mass is 16.5. The molecule has 0 bridgehead atoms. The number of ketones is 1. The van der Waals surface area contributed by atoms with Crippen LogP contribution in [0.2, 0.25) is 0 Å². The molecule has 0 fully saturated rings. The monoisotopic (exact) mass is 266 g/mol. The van der Waals surface area contributed by atoms with Crippen molar-refractivity contribution in [2.45, 2.75) is 34.1 Å². The topological polar surface area (TPSA) is 44.8 Å². The van der Waals surface area contributed by atoms with E-state index >= 15 is 0 Å². The summed E-state index contributed by atoms with van der Waals surface area (Å²) in [5.74, 6) is 1.75. The fraction of sp³-hybridized carbons (Fsp3) is 0.533. The number of carbonyl (C=O) groups is 1. The summed E-state index contributed by atoms with van der Waals surface area (Å²) < 4.78 is 16.7. The fourth-order valence-corrected chi connectivity index (χ4v) is 1.75. The molecule has 106 valence electrons. The lowest BCUT2D eigenvalue weighted by Gasteiger charge is -2.16. The SMILES string of the molecule is CCOc1cc(C(=O)CC)cc(OCC)c1OCC. The van der Waals surface area contributed by atoms with Crippen LogP contribution in [0.15, 0.2) is 12.1 Å². The molecule has 0 spiro atoms. The Morgan fingerprint density at radius 3 is 1.74 bits per heavy atom. The predicted octanol–water partition coefficient (Wildman–Crippen LogP) is 3.48. The summed E-state index contributed by atoms with van der Waals surface area (Å²) in [6.07, 6.45) is 0.450. The second-order valence-corrected chi connectivity index (χ2v) is 3.88. The quantitative estimate of drug-likeness (QED) is 0.676. The van der Waals surface area contributed by atoms with E-state index < -0.39 is 0 Å². The van der Waals surface area contributed by atoms with Crippen LogP contribution in [0, 0.1) is 0 Å². The second-order valence-electron chi connectivity index (χ2n) is 3.88. The van der Waals surface area contributed by atoms with E-state index in [1.165, 1.54) is 0 Å². The molecule has 0 saturated carbocycles. The van der Waals surface area contributed by atoms with Crippen molar-refractivity contribution in [2.24, 2.45) is 0 Å². The van der Waals surface area contributed by atoms with Crippen LogP contribution in [0.1, 0.15) is 44.5 Å².